The number of aryl methyl sites for hydroxylation is 1. The Labute approximate surface area is 182 Å². The van der Waals surface area contributed by atoms with Crippen molar-refractivity contribution in [1.82, 2.24) is 4.98 Å². The molecule has 0 fully saturated rings. The molecule has 2 N–H and O–H groups in total. The lowest BCUT2D eigenvalue weighted by molar-refractivity contribution is 1.45. The fourth-order valence-corrected chi connectivity index (χ4v) is 4.32. The molecule has 0 aliphatic rings. The number of fused-ring (bicyclic) bond motifs is 1. The van der Waals surface area contributed by atoms with Gasteiger partial charge in [-0.2, -0.15) is 0 Å². The number of nitrogens with zero attached hydrogens (tertiary/aromatic N) is 1. The largest absolute Gasteiger partial charge is 0.332 e. The van der Waals surface area contributed by atoms with Crippen LogP contribution in [-0.2, 0) is 0 Å². The van der Waals surface area contributed by atoms with Crippen LogP contribution in [0.4, 0.5) is 11.4 Å². The summed E-state index contributed by atoms with van der Waals surface area (Å²) >= 11 is 19.0. The molecule has 1 heterocycles. The minimum atomic E-state index is 0.474. The Balaban J connectivity index is 1.46. The highest BCUT2D eigenvalue weighted by Gasteiger charge is 2.07. The van der Waals surface area contributed by atoms with Crippen molar-refractivity contribution in [3.63, 3.8) is 0 Å². The molecule has 3 nitrogen and oxygen atoms in total. The number of halogens is 2. The topological polar surface area (TPSA) is 37.0 Å². The number of anilines is 2. The van der Waals surface area contributed by atoms with Crippen molar-refractivity contribution in [2.75, 3.05) is 10.6 Å². The van der Waals surface area contributed by atoms with E-state index in [2.05, 4.69) is 35.8 Å². The Morgan fingerprint density at radius 3 is 2.36 bits per heavy atom. The first-order chi connectivity index (χ1) is 13.5. The van der Waals surface area contributed by atoms with Gasteiger partial charge in [0.25, 0.3) is 0 Å². The van der Waals surface area contributed by atoms with Crippen LogP contribution in [0.15, 0.2) is 60.7 Å². The van der Waals surface area contributed by atoms with E-state index in [4.69, 9.17) is 40.4 Å². The molecular formula is C21H15Cl2N3S2. The molecule has 0 radical (unpaired) electrons. The van der Waals surface area contributed by atoms with Crippen LogP contribution in [0.3, 0.4) is 0 Å². The van der Waals surface area contributed by atoms with E-state index in [1.165, 1.54) is 10.3 Å². The second kappa shape index (κ2) is 8.05. The van der Waals surface area contributed by atoms with Gasteiger partial charge in [0, 0.05) is 16.9 Å². The third kappa shape index (κ3) is 4.28. The summed E-state index contributed by atoms with van der Waals surface area (Å²) in [6.07, 6.45) is 0. The molecule has 1 aromatic heterocycles. The van der Waals surface area contributed by atoms with Gasteiger partial charge >= 0.3 is 0 Å². The molecule has 0 unspecified atom stereocenters. The zero-order valence-corrected chi connectivity index (χ0v) is 17.9. The Kier molecular flexibility index (Phi) is 5.51. The molecule has 140 valence electrons. The SMILES string of the molecule is Cc1ccc2nc(-c3ccc(NC(=S)Nc4ccc(Cl)c(Cl)c4)cc3)sc2c1. The van der Waals surface area contributed by atoms with Crippen LogP contribution < -0.4 is 10.6 Å². The fourth-order valence-electron chi connectivity index (χ4n) is 2.72. The normalized spacial score (nSPS) is 10.8. The molecule has 28 heavy (non-hydrogen) atoms. The Morgan fingerprint density at radius 2 is 1.61 bits per heavy atom. The maximum absolute atomic E-state index is 6.03. The van der Waals surface area contributed by atoms with Crippen molar-refractivity contribution in [1.29, 1.82) is 0 Å². The van der Waals surface area contributed by atoms with Gasteiger partial charge in [0.1, 0.15) is 5.01 Å². The van der Waals surface area contributed by atoms with Crippen LogP contribution >= 0.6 is 46.8 Å². The van der Waals surface area contributed by atoms with E-state index in [0.717, 1.165) is 27.5 Å². The van der Waals surface area contributed by atoms with E-state index < -0.39 is 0 Å². The van der Waals surface area contributed by atoms with Gasteiger partial charge in [0.2, 0.25) is 0 Å². The quantitative estimate of drug-likeness (QED) is 0.323. The zero-order chi connectivity index (χ0) is 19.7. The third-order valence-electron chi connectivity index (χ3n) is 4.11. The van der Waals surface area contributed by atoms with Gasteiger partial charge in [-0.1, -0.05) is 29.3 Å². The summed E-state index contributed by atoms with van der Waals surface area (Å²) in [5.41, 5.74) is 5.00. The minimum absolute atomic E-state index is 0.474. The van der Waals surface area contributed by atoms with E-state index in [1.807, 2.05) is 30.3 Å². The van der Waals surface area contributed by atoms with Crippen LogP contribution in [-0.4, -0.2) is 10.1 Å². The lowest BCUT2D eigenvalue weighted by Crippen LogP contribution is -2.18. The number of rotatable bonds is 3. The average Bonchev–Trinajstić information content (AvgIpc) is 3.08. The predicted molar refractivity (Wildman–Crippen MR) is 126 cm³/mol. The van der Waals surface area contributed by atoms with Gasteiger partial charge in [-0.25, -0.2) is 4.98 Å². The first kappa shape index (κ1) is 19.2. The van der Waals surface area contributed by atoms with Gasteiger partial charge in [0.05, 0.1) is 20.3 Å². The first-order valence-corrected chi connectivity index (χ1v) is 10.5. The molecule has 0 atom stereocenters. The summed E-state index contributed by atoms with van der Waals surface area (Å²) in [5.74, 6) is 0. The van der Waals surface area contributed by atoms with Crippen molar-refractivity contribution >= 4 is 73.5 Å². The number of thiocarbonyl (C=S) groups is 1. The maximum atomic E-state index is 6.03. The molecule has 0 bridgehead atoms. The molecule has 3 aromatic carbocycles. The van der Waals surface area contributed by atoms with Crippen LogP contribution in [0.2, 0.25) is 10.0 Å². The molecule has 0 aliphatic carbocycles. The van der Waals surface area contributed by atoms with Crippen LogP contribution in [0, 0.1) is 6.92 Å². The Hall–Kier alpha value is -2.18. The molecule has 4 rings (SSSR count). The predicted octanol–water partition coefficient (Wildman–Crippen LogP) is 7.39. The van der Waals surface area contributed by atoms with Gasteiger partial charge in [-0.05, 0) is 79.3 Å². The summed E-state index contributed by atoms with van der Waals surface area (Å²) in [6.45, 7) is 2.09. The van der Waals surface area contributed by atoms with E-state index >= 15 is 0 Å². The van der Waals surface area contributed by atoms with Crippen molar-refractivity contribution in [3.8, 4) is 10.6 Å². The van der Waals surface area contributed by atoms with E-state index in [-0.39, 0.29) is 0 Å². The molecule has 0 spiro atoms. The molecule has 0 aliphatic heterocycles. The standard InChI is InChI=1S/C21H15Cl2N3S2/c1-12-2-9-18-19(10-12)28-20(26-18)13-3-5-14(6-4-13)24-21(27)25-15-7-8-16(22)17(23)11-15/h2-11H,1H3,(H2,24,25,27). The smallest absolute Gasteiger partial charge is 0.175 e. The van der Waals surface area contributed by atoms with Gasteiger partial charge < -0.3 is 10.6 Å². The van der Waals surface area contributed by atoms with Gasteiger partial charge in [-0.15, -0.1) is 11.3 Å². The number of aromatic nitrogens is 1. The molecule has 0 saturated carbocycles. The van der Waals surface area contributed by atoms with E-state index in [9.17, 15) is 0 Å². The average molecular weight is 444 g/mol. The van der Waals surface area contributed by atoms with Gasteiger partial charge in [0.15, 0.2) is 5.11 Å². The molecule has 0 amide bonds. The van der Waals surface area contributed by atoms with Crippen molar-refractivity contribution in [2.24, 2.45) is 0 Å². The maximum Gasteiger partial charge on any atom is 0.175 e. The molecular weight excluding hydrogens is 429 g/mol. The van der Waals surface area contributed by atoms with E-state index in [1.54, 1.807) is 23.5 Å². The third-order valence-corrected chi connectivity index (χ3v) is 6.12. The van der Waals surface area contributed by atoms with E-state index in [0.29, 0.717) is 15.2 Å². The number of nitrogens with one attached hydrogen (secondary N) is 2. The summed E-state index contributed by atoms with van der Waals surface area (Å²) in [6, 6.07) is 19.6. The monoisotopic (exact) mass is 443 g/mol. The molecule has 7 heteroatoms. The highest BCUT2D eigenvalue weighted by atomic mass is 35.5. The summed E-state index contributed by atoms with van der Waals surface area (Å²) < 4.78 is 1.20. The summed E-state index contributed by atoms with van der Waals surface area (Å²) in [7, 11) is 0. The summed E-state index contributed by atoms with van der Waals surface area (Å²) in [5, 5.41) is 8.72. The lowest BCUT2D eigenvalue weighted by Gasteiger charge is -2.11. The number of hydrogen-bond donors (Lipinski definition) is 2. The Morgan fingerprint density at radius 1 is 0.893 bits per heavy atom. The minimum Gasteiger partial charge on any atom is -0.332 e. The Bertz CT molecular complexity index is 1170. The molecule has 0 saturated heterocycles. The van der Waals surface area contributed by atoms with Crippen molar-refractivity contribution in [3.05, 3.63) is 76.3 Å². The number of hydrogen-bond acceptors (Lipinski definition) is 3. The first-order valence-electron chi connectivity index (χ1n) is 8.48. The van der Waals surface area contributed by atoms with Crippen molar-refractivity contribution < 1.29 is 0 Å². The lowest BCUT2D eigenvalue weighted by atomic mass is 10.2. The second-order valence-electron chi connectivity index (χ2n) is 6.28. The van der Waals surface area contributed by atoms with Crippen LogP contribution in [0.25, 0.3) is 20.8 Å². The summed E-state index contributed by atoms with van der Waals surface area (Å²) in [4.78, 5) is 4.72. The number of thiazole rings is 1. The highest BCUT2D eigenvalue weighted by molar-refractivity contribution is 7.80. The second-order valence-corrected chi connectivity index (χ2v) is 8.53. The van der Waals surface area contributed by atoms with Gasteiger partial charge in [-0.3, -0.25) is 0 Å². The van der Waals surface area contributed by atoms with Crippen molar-refractivity contribution in [2.45, 2.75) is 6.92 Å². The number of benzene rings is 3. The fraction of sp³-hybridized carbons (Fsp3) is 0.0476. The molecule has 4 aromatic rings. The zero-order valence-electron chi connectivity index (χ0n) is 14.8. The van der Waals surface area contributed by atoms with Crippen LogP contribution in [0.1, 0.15) is 5.56 Å². The highest BCUT2D eigenvalue weighted by Crippen LogP contribution is 2.31. The van der Waals surface area contributed by atoms with Crippen LogP contribution in [0.5, 0.6) is 0 Å².